The van der Waals surface area contributed by atoms with Gasteiger partial charge >= 0.3 is 0 Å². The number of imidazole rings is 1. The minimum absolute atomic E-state index is 0.603. The Morgan fingerprint density at radius 1 is 1.16 bits per heavy atom. The van der Waals surface area contributed by atoms with Crippen molar-refractivity contribution in [2.24, 2.45) is 5.92 Å². The van der Waals surface area contributed by atoms with Crippen LogP contribution in [0.5, 0.6) is 0 Å². The van der Waals surface area contributed by atoms with Crippen LogP contribution in [0.2, 0.25) is 0 Å². The quantitative estimate of drug-likeness (QED) is 0.493. The molecule has 25 heavy (non-hydrogen) atoms. The van der Waals surface area contributed by atoms with Crippen LogP contribution in [0.3, 0.4) is 0 Å². The van der Waals surface area contributed by atoms with Gasteiger partial charge in [0.05, 0.1) is 22.6 Å². The maximum atomic E-state index is 4.75. The minimum Gasteiger partial charge on any atom is -0.329 e. The molecule has 126 valence electrons. The molecular formula is C20H20N4S. The van der Waals surface area contributed by atoms with Crippen LogP contribution in [0, 0.1) is 5.92 Å². The molecular weight excluding hydrogens is 328 g/mol. The second-order valence-corrected chi connectivity index (χ2v) is 7.40. The van der Waals surface area contributed by atoms with Crippen molar-refractivity contribution in [1.82, 2.24) is 19.5 Å². The van der Waals surface area contributed by atoms with Gasteiger partial charge in [-0.05, 0) is 12.0 Å². The summed E-state index contributed by atoms with van der Waals surface area (Å²) in [5.41, 5.74) is 3.35. The highest BCUT2D eigenvalue weighted by Crippen LogP contribution is 2.38. The summed E-state index contributed by atoms with van der Waals surface area (Å²) in [6.07, 6.45) is 6.60. The number of hydrogen-bond donors (Lipinski definition) is 0. The fourth-order valence-electron chi connectivity index (χ4n) is 2.96. The van der Waals surface area contributed by atoms with Crippen LogP contribution in [-0.4, -0.2) is 19.5 Å². The summed E-state index contributed by atoms with van der Waals surface area (Å²) < 4.78 is 2.29. The average Bonchev–Trinajstić information content (AvgIpc) is 3.25. The Labute approximate surface area is 151 Å². The summed E-state index contributed by atoms with van der Waals surface area (Å²) >= 11 is 1.70. The maximum absolute atomic E-state index is 4.75. The van der Waals surface area contributed by atoms with Crippen molar-refractivity contribution in [3.63, 3.8) is 0 Å². The number of nitrogens with zero attached hydrogens (tertiary/aromatic N) is 4. The summed E-state index contributed by atoms with van der Waals surface area (Å²) in [6.45, 7) is 5.47. The molecule has 0 aliphatic carbocycles. The van der Waals surface area contributed by atoms with Crippen molar-refractivity contribution in [2.45, 2.75) is 26.8 Å². The van der Waals surface area contributed by atoms with Crippen LogP contribution in [0.4, 0.5) is 0 Å². The molecule has 3 heterocycles. The van der Waals surface area contributed by atoms with Crippen LogP contribution in [0.15, 0.2) is 55.2 Å². The van der Waals surface area contributed by atoms with Gasteiger partial charge < -0.3 is 4.57 Å². The van der Waals surface area contributed by atoms with E-state index in [9.17, 15) is 0 Å². The molecule has 0 N–H and O–H groups in total. The zero-order valence-corrected chi connectivity index (χ0v) is 15.2. The standard InChI is InChI=1S/C20H20N4S/c1-3-14(2)11-24-13-23-18(15-7-5-4-6-8-15)19(24)17-9-16-10-21-12-22-20(16)25-17/h4-10,12-14H,3,11H2,1-2H3. The molecule has 0 aliphatic rings. The lowest BCUT2D eigenvalue weighted by molar-refractivity contribution is 0.471. The number of hydrogen-bond acceptors (Lipinski definition) is 4. The van der Waals surface area contributed by atoms with Gasteiger partial charge in [-0.2, -0.15) is 0 Å². The van der Waals surface area contributed by atoms with Crippen molar-refractivity contribution in [3.8, 4) is 21.8 Å². The number of benzene rings is 1. The summed E-state index contributed by atoms with van der Waals surface area (Å²) in [4.78, 5) is 15.5. The van der Waals surface area contributed by atoms with E-state index in [1.165, 1.54) is 10.6 Å². The zero-order valence-electron chi connectivity index (χ0n) is 14.4. The number of thiophene rings is 1. The van der Waals surface area contributed by atoms with Gasteiger partial charge in [-0.3, -0.25) is 0 Å². The number of aromatic nitrogens is 4. The summed E-state index contributed by atoms with van der Waals surface area (Å²) in [5, 5.41) is 1.08. The summed E-state index contributed by atoms with van der Waals surface area (Å²) in [5.74, 6) is 0.603. The Hall–Kier alpha value is -2.53. The largest absolute Gasteiger partial charge is 0.329 e. The van der Waals surface area contributed by atoms with Crippen molar-refractivity contribution < 1.29 is 0 Å². The van der Waals surface area contributed by atoms with Crippen LogP contribution < -0.4 is 0 Å². The molecule has 0 saturated carbocycles. The Kier molecular flexibility index (Phi) is 4.32. The highest BCUT2D eigenvalue weighted by Gasteiger charge is 2.18. The maximum Gasteiger partial charge on any atom is 0.127 e. The highest BCUT2D eigenvalue weighted by atomic mass is 32.1. The topological polar surface area (TPSA) is 43.6 Å². The second kappa shape index (κ2) is 6.76. The van der Waals surface area contributed by atoms with Gasteiger partial charge in [0.1, 0.15) is 11.2 Å². The second-order valence-electron chi connectivity index (χ2n) is 6.37. The van der Waals surface area contributed by atoms with Crippen molar-refractivity contribution in [1.29, 1.82) is 0 Å². The first kappa shape index (κ1) is 16.0. The molecule has 3 aromatic heterocycles. The van der Waals surface area contributed by atoms with E-state index in [0.29, 0.717) is 5.92 Å². The van der Waals surface area contributed by atoms with Crippen LogP contribution in [-0.2, 0) is 6.54 Å². The molecule has 0 bridgehead atoms. The van der Waals surface area contributed by atoms with Gasteiger partial charge in [0, 0.05) is 23.7 Å². The summed E-state index contributed by atoms with van der Waals surface area (Å²) in [7, 11) is 0. The number of rotatable bonds is 5. The molecule has 0 radical (unpaired) electrons. The molecule has 4 aromatic rings. The molecule has 0 amide bonds. The minimum atomic E-state index is 0.603. The highest BCUT2D eigenvalue weighted by molar-refractivity contribution is 7.21. The Morgan fingerprint density at radius 2 is 2.00 bits per heavy atom. The lowest BCUT2D eigenvalue weighted by Crippen LogP contribution is -2.06. The smallest absolute Gasteiger partial charge is 0.127 e. The number of fused-ring (bicyclic) bond motifs is 1. The van der Waals surface area contributed by atoms with Gasteiger partial charge in [-0.15, -0.1) is 11.3 Å². The average molecular weight is 348 g/mol. The molecule has 1 unspecified atom stereocenters. The Morgan fingerprint density at radius 3 is 2.76 bits per heavy atom. The first-order chi connectivity index (χ1) is 12.3. The molecule has 1 atom stereocenters. The van der Waals surface area contributed by atoms with E-state index in [-0.39, 0.29) is 0 Å². The third-order valence-corrected chi connectivity index (χ3v) is 5.58. The van der Waals surface area contributed by atoms with Crippen LogP contribution >= 0.6 is 11.3 Å². The molecule has 0 saturated heterocycles. The lowest BCUT2D eigenvalue weighted by atomic mass is 10.1. The van der Waals surface area contributed by atoms with Crippen molar-refractivity contribution >= 4 is 21.6 Å². The third-order valence-electron chi connectivity index (χ3n) is 4.52. The zero-order chi connectivity index (χ0) is 17.2. The van der Waals surface area contributed by atoms with Crippen LogP contribution in [0.25, 0.3) is 32.0 Å². The van der Waals surface area contributed by atoms with Crippen molar-refractivity contribution in [2.75, 3.05) is 0 Å². The molecule has 1 aromatic carbocycles. The first-order valence-corrected chi connectivity index (χ1v) is 9.38. The first-order valence-electron chi connectivity index (χ1n) is 8.56. The Balaban J connectivity index is 1.89. The van der Waals surface area contributed by atoms with E-state index >= 15 is 0 Å². The van der Waals surface area contributed by atoms with E-state index in [4.69, 9.17) is 4.98 Å². The molecule has 5 heteroatoms. The van der Waals surface area contributed by atoms with Gasteiger partial charge in [0.25, 0.3) is 0 Å². The summed E-state index contributed by atoms with van der Waals surface area (Å²) in [6, 6.07) is 12.6. The van der Waals surface area contributed by atoms with Gasteiger partial charge in [-0.1, -0.05) is 50.6 Å². The molecule has 4 rings (SSSR count). The predicted molar refractivity (Wildman–Crippen MR) is 104 cm³/mol. The van der Waals surface area contributed by atoms with Crippen molar-refractivity contribution in [3.05, 3.63) is 55.2 Å². The van der Waals surface area contributed by atoms with Gasteiger partial charge in [0.15, 0.2) is 0 Å². The molecule has 4 nitrogen and oxygen atoms in total. The fourth-order valence-corrected chi connectivity index (χ4v) is 3.99. The van der Waals surface area contributed by atoms with Crippen LogP contribution in [0.1, 0.15) is 20.3 Å². The SMILES string of the molecule is CCC(C)Cn1cnc(-c2ccccc2)c1-c1cc2cncnc2s1. The molecule has 0 aliphatic heterocycles. The van der Waals surface area contributed by atoms with E-state index in [1.54, 1.807) is 17.7 Å². The van der Waals surface area contributed by atoms with E-state index in [0.717, 1.165) is 34.4 Å². The fraction of sp³-hybridized carbons (Fsp3) is 0.250. The molecule has 0 fully saturated rings. The van der Waals surface area contributed by atoms with E-state index in [2.05, 4.69) is 58.7 Å². The molecule has 0 spiro atoms. The Bertz CT molecular complexity index is 954. The normalized spacial score (nSPS) is 12.6. The van der Waals surface area contributed by atoms with E-state index in [1.807, 2.05) is 18.6 Å². The third kappa shape index (κ3) is 3.07. The van der Waals surface area contributed by atoms with Gasteiger partial charge in [0.2, 0.25) is 0 Å². The lowest BCUT2D eigenvalue weighted by Gasteiger charge is -2.13. The predicted octanol–water partition coefficient (Wildman–Crippen LogP) is 5.27. The van der Waals surface area contributed by atoms with E-state index < -0.39 is 0 Å². The monoisotopic (exact) mass is 348 g/mol. The van der Waals surface area contributed by atoms with Gasteiger partial charge in [-0.25, -0.2) is 15.0 Å².